The largest absolute Gasteiger partial charge is 0.494 e. The van der Waals surface area contributed by atoms with Crippen molar-refractivity contribution in [1.29, 1.82) is 0 Å². The lowest BCUT2D eigenvalue weighted by Gasteiger charge is -2.33. The Morgan fingerprint density at radius 3 is 2.16 bits per heavy atom. The number of nitrogens with zero attached hydrogens (tertiary/aromatic N) is 2. The van der Waals surface area contributed by atoms with Crippen molar-refractivity contribution < 1.29 is 22.7 Å². The third-order valence-corrected chi connectivity index (χ3v) is 9.11. The average molecular weight is 634 g/mol. The van der Waals surface area contributed by atoms with E-state index in [1.165, 1.54) is 24.1 Å². The van der Waals surface area contributed by atoms with Gasteiger partial charge in [0.05, 0.1) is 17.2 Å². The van der Waals surface area contributed by atoms with Crippen LogP contribution in [0.15, 0.2) is 108 Å². The van der Waals surface area contributed by atoms with E-state index in [2.05, 4.69) is 5.32 Å². The maximum Gasteiger partial charge on any atom is 0.264 e. The van der Waals surface area contributed by atoms with Crippen molar-refractivity contribution in [2.24, 2.45) is 0 Å². The Morgan fingerprint density at radius 1 is 0.886 bits per heavy atom. The van der Waals surface area contributed by atoms with E-state index in [0.29, 0.717) is 22.9 Å². The lowest BCUT2D eigenvalue weighted by Crippen LogP contribution is -2.53. The minimum Gasteiger partial charge on any atom is -0.494 e. The highest BCUT2D eigenvalue weighted by Gasteiger charge is 2.34. The molecule has 4 aromatic carbocycles. The Balaban J connectivity index is 1.78. The standard InChI is InChI=1S/C34H36ClN3O5S/c1-4-43-30-17-15-29(16-18-30)38(44(41,42)31-19-13-25(2)14-20-31)24-33(39)37(23-27-11-8-12-28(35)21-27)32(34(40)36-3)22-26-9-6-5-7-10-26/h5-21,32H,4,22-24H2,1-3H3,(H,36,40). The van der Waals surface area contributed by atoms with Gasteiger partial charge in [0.1, 0.15) is 18.3 Å². The number of ether oxygens (including phenoxy) is 1. The van der Waals surface area contributed by atoms with E-state index in [9.17, 15) is 18.0 Å². The van der Waals surface area contributed by atoms with Crippen LogP contribution in [0.4, 0.5) is 5.69 Å². The minimum absolute atomic E-state index is 0.0337. The van der Waals surface area contributed by atoms with E-state index < -0.39 is 28.5 Å². The summed E-state index contributed by atoms with van der Waals surface area (Å²) in [5.41, 5.74) is 2.72. The Hall–Kier alpha value is -4.34. The summed E-state index contributed by atoms with van der Waals surface area (Å²) < 4.78 is 34.8. The fourth-order valence-electron chi connectivity index (χ4n) is 4.79. The van der Waals surface area contributed by atoms with Crippen LogP contribution in [0.25, 0.3) is 0 Å². The van der Waals surface area contributed by atoms with Crippen LogP contribution in [-0.2, 0) is 32.6 Å². The number of benzene rings is 4. The van der Waals surface area contributed by atoms with Crippen LogP contribution in [0.1, 0.15) is 23.6 Å². The van der Waals surface area contributed by atoms with Crippen LogP contribution >= 0.6 is 11.6 Å². The van der Waals surface area contributed by atoms with Gasteiger partial charge in [0.15, 0.2) is 0 Å². The molecule has 8 nitrogen and oxygen atoms in total. The first-order valence-electron chi connectivity index (χ1n) is 14.2. The van der Waals surface area contributed by atoms with Gasteiger partial charge < -0.3 is 15.0 Å². The lowest BCUT2D eigenvalue weighted by atomic mass is 10.0. The topological polar surface area (TPSA) is 96.0 Å². The van der Waals surface area contributed by atoms with E-state index in [4.69, 9.17) is 16.3 Å². The molecular weight excluding hydrogens is 598 g/mol. The molecule has 0 radical (unpaired) electrons. The number of rotatable bonds is 13. The smallest absolute Gasteiger partial charge is 0.264 e. The second-order valence-corrected chi connectivity index (χ2v) is 12.5. The number of carbonyl (C=O) groups excluding carboxylic acids is 2. The molecule has 0 bridgehead atoms. The first kappa shape index (κ1) is 32.6. The number of carbonyl (C=O) groups is 2. The zero-order chi connectivity index (χ0) is 31.7. The Kier molecular flexibility index (Phi) is 11.0. The number of nitrogens with one attached hydrogen (secondary N) is 1. The van der Waals surface area contributed by atoms with Gasteiger partial charge in [-0.15, -0.1) is 0 Å². The molecule has 0 aromatic heterocycles. The maximum absolute atomic E-state index is 14.4. The van der Waals surface area contributed by atoms with Gasteiger partial charge in [-0.2, -0.15) is 0 Å². The normalized spacial score (nSPS) is 11.8. The molecule has 0 saturated heterocycles. The van der Waals surface area contributed by atoms with Crippen molar-refractivity contribution in [2.75, 3.05) is 24.5 Å². The zero-order valence-electron chi connectivity index (χ0n) is 24.9. The molecule has 1 atom stereocenters. The Labute approximate surface area is 264 Å². The fourth-order valence-corrected chi connectivity index (χ4v) is 6.42. The second-order valence-electron chi connectivity index (χ2n) is 10.2. The van der Waals surface area contributed by atoms with Gasteiger partial charge in [0, 0.05) is 25.0 Å². The fraction of sp³-hybridized carbons (Fsp3) is 0.235. The molecule has 2 amide bonds. The predicted octanol–water partition coefficient (Wildman–Crippen LogP) is 5.63. The van der Waals surface area contributed by atoms with E-state index in [0.717, 1.165) is 15.4 Å². The number of sulfonamides is 1. The van der Waals surface area contributed by atoms with Gasteiger partial charge in [-0.05, 0) is 73.5 Å². The summed E-state index contributed by atoms with van der Waals surface area (Å²) in [7, 11) is -2.68. The molecule has 4 aromatic rings. The van der Waals surface area contributed by atoms with Crippen molar-refractivity contribution in [2.45, 2.75) is 37.8 Å². The van der Waals surface area contributed by atoms with Crippen LogP contribution in [0.3, 0.4) is 0 Å². The molecule has 230 valence electrons. The number of aryl methyl sites for hydroxylation is 1. The highest BCUT2D eigenvalue weighted by atomic mass is 35.5. The number of hydrogen-bond donors (Lipinski definition) is 1. The van der Waals surface area contributed by atoms with Crippen LogP contribution in [0, 0.1) is 6.92 Å². The third kappa shape index (κ3) is 8.18. The van der Waals surface area contributed by atoms with Gasteiger partial charge in [0.2, 0.25) is 11.8 Å². The summed E-state index contributed by atoms with van der Waals surface area (Å²) in [6, 6.07) is 28.4. The van der Waals surface area contributed by atoms with Gasteiger partial charge in [-0.3, -0.25) is 13.9 Å². The molecule has 0 heterocycles. The third-order valence-electron chi connectivity index (χ3n) is 7.08. The van der Waals surface area contributed by atoms with Crippen LogP contribution in [0.2, 0.25) is 5.02 Å². The minimum atomic E-state index is -4.19. The number of likely N-dealkylation sites (N-methyl/N-ethyl adjacent to an activating group) is 1. The number of amides is 2. The first-order valence-corrected chi connectivity index (χ1v) is 16.1. The van der Waals surface area contributed by atoms with Gasteiger partial charge in [0.25, 0.3) is 10.0 Å². The molecule has 0 saturated carbocycles. The molecule has 0 fully saturated rings. The molecule has 1 unspecified atom stereocenters. The van der Waals surface area contributed by atoms with Crippen LogP contribution < -0.4 is 14.4 Å². The van der Waals surface area contributed by atoms with Crippen molar-refractivity contribution in [3.8, 4) is 5.75 Å². The number of anilines is 1. The molecule has 0 aliphatic rings. The molecule has 1 N–H and O–H groups in total. The second kappa shape index (κ2) is 14.9. The summed E-state index contributed by atoms with van der Waals surface area (Å²) >= 11 is 6.26. The van der Waals surface area contributed by atoms with Gasteiger partial charge >= 0.3 is 0 Å². The first-order chi connectivity index (χ1) is 21.1. The van der Waals surface area contributed by atoms with Crippen LogP contribution in [0.5, 0.6) is 5.75 Å². The number of hydrogen-bond acceptors (Lipinski definition) is 5. The number of halogens is 1. The summed E-state index contributed by atoms with van der Waals surface area (Å²) in [5, 5.41) is 3.16. The van der Waals surface area contributed by atoms with Gasteiger partial charge in [-0.1, -0.05) is 71.8 Å². The van der Waals surface area contributed by atoms with Gasteiger partial charge in [-0.25, -0.2) is 8.42 Å². The van der Waals surface area contributed by atoms with E-state index in [1.54, 1.807) is 54.6 Å². The monoisotopic (exact) mass is 633 g/mol. The highest BCUT2D eigenvalue weighted by Crippen LogP contribution is 2.27. The maximum atomic E-state index is 14.4. The van der Waals surface area contributed by atoms with Crippen molar-refractivity contribution in [3.05, 3.63) is 125 Å². The summed E-state index contributed by atoms with van der Waals surface area (Å²) in [6.45, 7) is 3.65. The molecule has 0 aliphatic carbocycles. The molecule has 0 spiro atoms. The van der Waals surface area contributed by atoms with Crippen molar-refractivity contribution in [3.63, 3.8) is 0 Å². The quantitative estimate of drug-likeness (QED) is 0.206. The highest BCUT2D eigenvalue weighted by molar-refractivity contribution is 7.92. The Morgan fingerprint density at radius 2 is 1.55 bits per heavy atom. The van der Waals surface area contributed by atoms with Crippen LogP contribution in [-0.4, -0.2) is 51.4 Å². The zero-order valence-corrected chi connectivity index (χ0v) is 26.5. The van der Waals surface area contributed by atoms with E-state index in [-0.39, 0.29) is 29.5 Å². The molecule has 44 heavy (non-hydrogen) atoms. The van der Waals surface area contributed by atoms with E-state index >= 15 is 0 Å². The lowest BCUT2D eigenvalue weighted by molar-refractivity contribution is -0.139. The molecule has 10 heteroatoms. The Bertz CT molecular complexity index is 1660. The van der Waals surface area contributed by atoms with Crippen molar-refractivity contribution >= 4 is 39.1 Å². The average Bonchev–Trinajstić information content (AvgIpc) is 3.02. The summed E-state index contributed by atoms with van der Waals surface area (Å²) in [6.07, 6.45) is 0.223. The molecule has 0 aliphatic heterocycles. The summed E-state index contributed by atoms with van der Waals surface area (Å²) in [4.78, 5) is 29.2. The molecule has 4 rings (SSSR count). The van der Waals surface area contributed by atoms with E-state index in [1.807, 2.05) is 50.2 Å². The predicted molar refractivity (Wildman–Crippen MR) is 173 cm³/mol. The molecular formula is C34H36ClN3O5S. The SMILES string of the molecule is CCOc1ccc(N(CC(=O)N(Cc2cccc(Cl)c2)C(Cc2ccccc2)C(=O)NC)S(=O)(=O)c2ccc(C)cc2)cc1. The summed E-state index contributed by atoms with van der Waals surface area (Å²) in [5.74, 6) is -0.363. The van der Waals surface area contributed by atoms with Crippen molar-refractivity contribution in [1.82, 2.24) is 10.2 Å².